The highest BCUT2D eigenvalue weighted by Gasteiger charge is 2.23. The van der Waals surface area contributed by atoms with Gasteiger partial charge in [0, 0.05) is 25.3 Å². The fourth-order valence-corrected chi connectivity index (χ4v) is 1.91. The van der Waals surface area contributed by atoms with Crippen molar-refractivity contribution in [2.75, 3.05) is 26.3 Å². The van der Waals surface area contributed by atoms with E-state index in [0.29, 0.717) is 13.1 Å². The minimum Gasteiger partial charge on any atom is -0.462 e. The molecule has 0 aromatic rings. The molecule has 20 heavy (non-hydrogen) atoms. The minimum atomic E-state index is -0.713. The van der Waals surface area contributed by atoms with Gasteiger partial charge in [-0.1, -0.05) is 0 Å². The monoisotopic (exact) mass is 286 g/mol. The van der Waals surface area contributed by atoms with Gasteiger partial charge in [-0.15, -0.1) is 0 Å². The zero-order chi connectivity index (χ0) is 15.0. The summed E-state index contributed by atoms with van der Waals surface area (Å²) < 4.78 is 9.65. The smallest absolute Gasteiger partial charge is 0.347 e. The minimum absolute atomic E-state index is 0.0207. The summed E-state index contributed by atoms with van der Waals surface area (Å²) in [6.45, 7) is 4.77. The molecular formula is C13H22N2O5. The molecule has 2 N–H and O–H groups in total. The van der Waals surface area contributed by atoms with Crippen molar-refractivity contribution in [3.8, 4) is 0 Å². The van der Waals surface area contributed by atoms with Crippen molar-refractivity contribution >= 4 is 11.9 Å². The van der Waals surface area contributed by atoms with E-state index >= 15 is 0 Å². The standard InChI is InChI=1S/C13H22N2O5/c1-3-19-12(16)11(13(17)20-4-2)8-14-10-6-5-7-15(18)9-10/h8,10,14,18H,3-7,9H2,1-2H3. The Hall–Kier alpha value is -1.60. The quantitative estimate of drug-likeness (QED) is 0.317. The van der Waals surface area contributed by atoms with Crippen molar-refractivity contribution in [3.05, 3.63) is 11.8 Å². The zero-order valence-corrected chi connectivity index (χ0v) is 11.9. The summed E-state index contributed by atoms with van der Waals surface area (Å²) in [5.41, 5.74) is -0.163. The van der Waals surface area contributed by atoms with Gasteiger partial charge in [-0.05, 0) is 26.7 Å². The lowest BCUT2D eigenvalue weighted by Gasteiger charge is -2.28. The highest BCUT2D eigenvalue weighted by Crippen LogP contribution is 2.09. The van der Waals surface area contributed by atoms with Crippen LogP contribution in [0.15, 0.2) is 11.8 Å². The zero-order valence-electron chi connectivity index (χ0n) is 11.9. The van der Waals surface area contributed by atoms with Gasteiger partial charge in [0.2, 0.25) is 0 Å². The Morgan fingerprint density at radius 1 is 1.30 bits per heavy atom. The molecular weight excluding hydrogens is 264 g/mol. The first-order valence-electron chi connectivity index (χ1n) is 6.82. The number of piperidine rings is 1. The van der Waals surface area contributed by atoms with Crippen molar-refractivity contribution in [3.63, 3.8) is 0 Å². The molecule has 0 bridgehead atoms. The lowest BCUT2D eigenvalue weighted by atomic mass is 10.1. The van der Waals surface area contributed by atoms with Gasteiger partial charge in [0.05, 0.1) is 13.2 Å². The third-order valence-electron chi connectivity index (χ3n) is 2.85. The first-order valence-corrected chi connectivity index (χ1v) is 6.82. The second-order valence-electron chi connectivity index (χ2n) is 4.42. The van der Waals surface area contributed by atoms with Gasteiger partial charge >= 0.3 is 11.9 Å². The Morgan fingerprint density at radius 3 is 2.40 bits per heavy atom. The predicted octanol–water partition coefficient (Wildman–Crippen LogP) is 0.440. The van der Waals surface area contributed by atoms with Crippen LogP contribution in [0.1, 0.15) is 26.7 Å². The molecule has 1 aliphatic heterocycles. The summed E-state index contributed by atoms with van der Waals surface area (Å²) in [6, 6.07) is -0.0207. The molecule has 1 atom stereocenters. The average Bonchev–Trinajstić information content (AvgIpc) is 2.39. The third-order valence-corrected chi connectivity index (χ3v) is 2.85. The summed E-state index contributed by atoms with van der Waals surface area (Å²) in [5, 5.41) is 13.6. The largest absolute Gasteiger partial charge is 0.462 e. The molecule has 114 valence electrons. The van der Waals surface area contributed by atoms with Crippen LogP contribution in [0.4, 0.5) is 0 Å². The number of carbonyl (C=O) groups is 2. The SMILES string of the molecule is CCOC(=O)C(=CNC1CCCN(O)C1)C(=O)OCC. The van der Waals surface area contributed by atoms with Crippen LogP contribution in [-0.4, -0.2) is 54.6 Å². The maximum atomic E-state index is 11.7. The number of hydroxylamine groups is 2. The first-order chi connectivity index (χ1) is 9.58. The number of esters is 2. The van der Waals surface area contributed by atoms with Crippen LogP contribution in [0.5, 0.6) is 0 Å². The van der Waals surface area contributed by atoms with E-state index in [1.54, 1.807) is 13.8 Å². The maximum absolute atomic E-state index is 11.7. The average molecular weight is 286 g/mol. The van der Waals surface area contributed by atoms with Crippen molar-refractivity contribution in [2.45, 2.75) is 32.7 Å². The fraction of sp³-hybridized carbons (Fsp3) is 0.692. The molecule has 1 fully saturated rings. The van der Waals surface area contributed by atoms with Crippen molar-refractivity contribution < 1.29 is 24.3 Å². The van der Waals surface area contributed by atoms with E-state index in [1.165, 1.54) is 11.3 Å². The third kappa shape index (κ3) is 5.18. The lowest BCUT2D eigenvalue weighted by molar-refractivity contribution is -0.146. The molecule has 1 aliphatic rings. The van der Waals surface area contributed by atoms with E-state index in [1.807, 2.05) is 0 Å². The molecule has 0 saturated carbocycles. The van der Waals surface area contributed by atoms with E-state index in [2.05, 4.69) is 5.32 Å². The Morgan fingerprint density at radius 2 is 1.90 bits per heavy atom. The number of carbonyl (C=O) groups excluding carboxylic acids is 2. The van der Waals surface area contributed by atoms with Crippen LogP contribution in [0.25, 0.3) is 0 Å². The molecule has 0 aromatic carbocycles. The highest BCUT2D eigenvalue weighted by molar-refractivity contribution is 6.13. The number of nitrogens with one attached hydrogen (secondary N) is 1. The summed E-state index contributed by atoms with van der Waals surface area (Å²) in [6.07, 6.45) is 3.02. The van der Waals surface area contributed by atoms with Crippen LogP contribution in [0, 0.1) is 0 Å². The van der Waals surface area contributed by atoms with Crippen molar-refractivity contribution in [1.82, 2.24) is 10.4 Å². The van der Waals surface area contributed by atoms with Crippen LogP contribution < -0.4 is 5.32 Å². The van der Waals surface area contributed by atoms with E-state index in [-0.39, 0.29) is 24.8 Å². The summed E-state index contributed by atoms with van der Waals surface area (Å²) in [4.78, 5) is 23.4. The van der Waals surface area contributed by atoms with Gasteiger partial charge in [-0.25, -0.2) is 9.59 Å². The molecule has 1 saturated heterocycles. The normalized spacial score (nSPS) is 19.1. The highest BCUT2D eigenvalue weighted by atomic mass is 16.6. The molecule has 0 spiro atoms. The Balaban J connectivity index is 2.68. The van der Waals surface area contributed by atoms with Gasteiger partial charge in [0.25, 0.3) is 0 Å². The van der Waals surface area contributed by atoms with Crippen LogP contribution >= 0.6 is 0 Å². The van der Waals surface area contributed by atoms with E-state index in [0.717, 1.165) is 12.8 Å². The van der Waals surface area contributed by atoms with E-state index < -0.39 is 11.9 Å². The van der Waals surface area contributed by atoms with Crippen molar-refractivity contribution in [2.24, 2.45) is 0 Å². The van der Waals surface area contributed by atoms with Crippen LogP contribution in [0.3, 0.4) is 0 Å². The van der Waals surface area contributed by atoms with Crippen molar-refractivity contribution in [1.29, 1.82) is 0 Å². The molecule has 1 rings (SSSR count). The lowest BCUT2D eigenvalue weighted by Crippen LogP contribution is -2.42. The topological polar surface area (TPSA) is 88.1 Å². The Labute approximate surface area is 118 Å². The number of rotatable bonds is 6. The Bertz CT molecular complexity index is 350. The molecule has 7 nitrogen and oxygen atoms in total. The molecule has 1 heterocycles. The maximum Gasteiger partial charge on any atom is 0.347 e. The number of ether oxygens (including phenoxy) is 2. The fourth-order valence-electron chi connectivity index (χ4n) is 1.91. The number of hydrogen-bond acceptors (Lipinski definition) is 7. The van der Waals surface area contributed by atoms with Gasteiger partial charge in [-0.3, -0.25) is 0 Å². The molecule has 0 radical (unpaired) electrons. The van der Waals surface area contributed by atoms with Gasteiger partial charge in [-0.2, -0.15) is 5.06 Å². The van der Waals surface area contributed by atoms with Crippen LogP contribution in [-0.2, 0) is 19.1 Å². The summed E-state index contributed by atoms with van der Waals surface area (Å²) in [5.74, 6) is -1.43. The number of hydrogen-bond donors (Lipinski definition) is 2. The summed E-state index contributed by atoms with van der Waals surface area (Å²) >= 11 is 0. The van der Waals surface area contributed by atoms with Gasteiger partial charge < -0.3 is 20.0 Å². The number of nitrogens with zero attached hydrogens (tertiary/aromatic N) is 1. The first kappa shape index (κ1) is 16.5. The predicted molar refractivity (Wildman–Crippen MR) is 70.9 cm³/mol. The molecule has 0 aliphatic carbocycles. The van der Waals surface area contributed by atoms with E-state index in [4.69, 9.17) is 9.47 Å². The second kappa shape index (κ2) is 8.55. The van der Waals surface area contributed by atoms with E-state index in [9.17, 15) is 14.8 Å². The molecule has 0 aromatic heterocycles. The second-order valence-corrected chi connectivity index (χ2v) is 4.42. The van der Waals surface area contributed by atoms with Crippen LogP contribution in [0.2, 0.25) is 0 Å². The summed E-state index contributed by atoms with van der Waals surface area (Å²) in [7, 11) is 0. The molecule has 0 amide bonds. The Kier molecular flexibility index (Phi) is 7.03. The van der Waals surface area contributed by atoms with Gasteiger partial charge in [0.1, 0.15) is 0 Å². The molecule has 7 heteroatoms. The molecule has 1 unspecified atom stereocenters. The van der Waals surface area contributed by atoms with Gasteiger partial charge in [0.15, 0.2) is 5.57 Å².